The molecule has 0 saturated carbocycles. The van der Waals surface area contributed by atoms with E-state index in [1.807, 2.05) is 0 Å². The van der Waals surface area contributed by atoms with E-state index in [-0.39, 0.29) is 24.8 Å². The first kappa shape index (κ1) is 20.6. The third kappa shape index (κ3) is 4.33. The largest absolute Gasteiger partial charge is 0.497 e. The summed E-state index contributed by atoms with van der Waals surface area (Å²) in [5.41, 5.74) is 0.677. The number of carboxylic acid groups (broad SMARTS) is 1. The van der Waals surface area contributed by atoms with Crippen molar-refractivity contribution >= 4 is 29.4 Å². The lowest BCUT2D eigenvalue weighted by Crippen LogP contribution is -2.51. The first-order chi connectivity index (χ1) is 13.8. The molecule has 0 spiro atoms. The number of carboxylic acids is 1. The molecule has 2 fully saturated rings. The third-order valence-electron chi connectivity index (χ3n) is 5.43. The Bertz CT molecular complexity index is 809. The minimum atomic E-state index is -1.04. The Morgan fingerprint density at radius 3 is 2.55 bits per heavy atom. The maximum absolute atomic E-state index is 12.6. The van der Waals surface area contributed by atoms with Crippen molar-refractivity contribution in [2.45, 2.75) is 38.3 Å². The summed E-state index contributed by atoms with van der Waals surface area (Å²) in [6.45, 7) is 2.12. The Kier molecular flexibility index (Phi) is 6.05. The van der Waals surface area contributed by atoms with Gasteiger partial charge in [-0.2, -0.15) is 0 Å². The second kappa shape index (κ2) is 8.50. The summed E-state index contributed by atoms with van der Waals surface area (Å²) in [5, 5.41) is 11.9. The molecule has 2 saturated heterocycles. The lowest BCUT2D eigenvalue weighted by atomic mass is 10.1. The maximum atomic E-state index is 12.6. The second-order valence-corrected chi connectivity index (χ2v) is 7.36. The van der Waals surface area contributed by atoms with Crippen molar-refractivity contribution in [2.75, 3.05) is 25.1 Å². The van der Waals surface area contributed by atoms with Crippen molar-refractivity contribution in [3.63, 3.8) is 0 Å². The van der Waals surface area contributed by atoms with Gasteiger partial charge in [-0.3, -0.25) is 14.4 Å². The molecule has 0 bridgehead atoms. The van der Waals surface area contributed by atoms with Gasteiger partial charge in [0.25, 0.3) is 0 Å². The molecule has 3 unspecified atom stereocenters. The zero-order valence-corrected chi connectivity index (χ0v) is 16.5. The first-order valence-electron chi connectivity index (χ1n) is 9.60. The van der Waals surface area contributed by atoms with Crippen LogP contribution in [0, 0.1) is 5.92 Å². The van der Waals surface area contributed by atoms with E-state index >= 15 is 0 Å². The SMILES string of the molecule is COc1ccc(N2CC(C(=O)NC(C)C(=O)N3CCCC3C(=O)O)CC2=O)cc1. The molecule has 2 aliphatic rings. The molecular formula is C20H25N3O6. The summed E-state index contributed by atoms with van der Waals surface area (Å²) in [6.07, 6.45) is 1.09. The number of nitrogens with zero attached hydrogens (tertiary/aromatic N) is 2. The minimum Gasteiger partial charge on any atom is -0.497 e. The van der Waals surface area contributed by atoms with Gasteiger partial charge in [-0.1, -0.05) is 0 Å². The molecule has 2 heterocycles. The molecule has 9 heteroatoms. The van der Waals surface area contributed by atoms with E-state index in [9.17, 15) is 24.3 Å². The molecule has 3 amide bonds. The predicted octanol–water partition coefficient (Wildman–Crippen LogP) is 0.628. The summed E-state index contributed by atoms with van der Waals surface area (Å²) in [7, 11) is 1.56. The fourth-order valence-corrected chi connectivity index (χ4v) is 3.82. The van der Waals surface area contributed by atoms with Crippen LogP contribution in [-0.2, 0) is 19.2 Å². The van der Waals surface area contributed by atoms with Gasteiger partial charge in [0.05, 0.1) is 13.0 Å². The number of rotatable bonds is 6. The number of methoxy groups -OCH3 is 1. The number of aliphatic carboxylic acids is 1. The van der Waals surface area contributed by atoms with Gasteiger partial charge in [0, 0.05) is 25.2 Å². The third-order valence-corrected chi connectivity index (χ3v) is 5.43. The molecule has 0 radical (unpaired) electrons. The highest BCUT2D eigenvalue weighted by atomic mass is 16.5. The number of likely N-dealkylation sites (tertiary alicyclic amines) is 1. The van der Waals surface area contributed by atoms with E-state index in [2.05, 4.69) is 5.32 Å². The number of hydrogen-bond donors (Lipinski definition) is 2. The molecule has 3 atom stereocenters. The molecule has 0 aromatic heterocycles. The van der Waals surface area contributed by atoms with Crippen LogP contribution in [0.25, 0.3) is 0 Å². The normalized spacial score (nSPS) is 22.5. The number of benzene rings is 1. The number of amides is 3. The van der Waals surface area contributed by atoms with Gasteiger partial charge in [-0.15, -0.1) is 0 Å². The Balaban J connectivity index is 1.59. The van der Waals surface area contributed by atoms with E-state index < -0.39 is 29.9 Å². The molecule has 2 aliphatic heterocycles. The standard InChI is InChI=1S/C20H25N3O6/c1-12(19(26)22-9-3-4-16(22)20(27)28)21-18(25)13-10-17(24)23(11-13)14-5-7-15(29-2)8-6-14/h5-8,12-13,16H,3-4,9-11H2,1-2H3,(H,21,25)(H,27,28). The van der Waals surface area contributed by atoms with Crippen LogP contribution in [0.2, 0.25) is 0 Å². The molecule has 1 aromatic carbocycles. The van der Waals surface area contributed by atoms with E-state index in [0.717, 1.165) is 0 Å². The Morgan fingerprint density at radius 2 is 1.93 bits per heavy atom. The zero-order chi connectivity index (χ0) is 21.1. The lowest BCUT2D eigenvalue weighted by Gasteiger charge is -2.26. The van der Waals surface area contributed by atoms with Crippen molar-refractivity contribution in [3.05, 3.63) is 24.3 Å². The summed E-state index contributed by atoms with van der Waals surface area (Å²) in [6, 6.07) is 5.29. The van der Waals surface area contributed by atoms with Gasteiger partial charge in [0.15, 0.2) is 0 Å². The number of ether oxygens (including phenoxy) is 1. The molecule has 156 valence electrons. The number of carbonyl (C=O) groups excluding carboxylic acids is 3. The highest BCUT2D eigenvalue weighted by molar-refractivity contribution is 6.01. The molecule has 1 aromatic rings. The number of carbonyl (C=O) groups is 4. The highest BCUT2D eigenvalue weighted by Gasteiger charge is 2.39. The van der Waals surface area contributed by atoms with Crippen LogP contribution in [0.3, 0.4) is 0 Å². The summed E-state index contributed by atoms with van der Waals surface area (Å²) in [5.74, 6) is -1.91. The van der Waals surface area contributed by atoms with E-state index in [4.69, 9.17) is 4.74 Å². The van der Waals surface area contributed by atoms with E-state index in [1.54, 1.807) is 31.4 Å². The van der Waals surface area contributed by atoms with Gasteiger partial charge in [-0.25, -0.2) is 4.79 Å². The van der Waals surface area contributed by atoms with Crippen LogP contribution in [-0.4, -0.2) is 66.0 Å². The Hall–Kier alpha value is -3.10. The van der Waals surface area contributed by atoms with Gasteiger partial charge in [-0.05, 0) is 44.0 Å². The first-order valence-corrected chi connectivity index (χ1v) is 9.60. The number of hydrogen-bond acceptors (Lipinski definition) is 5. The van der Waals surface area contributed by atoms with Crippen LogP contribution in [0.1, 0.15) is 26.2 Å². The molecule has 9 nitrogen and oxygen atoms in total. The predicted molar refractivity (Wildman–Crippen MR) is 103 cm³/mol. The fraction of sp³-hybridized carbons (Fsp3) is 0.500. The molecule has 0 aliphatic carbocycles. The van der Waals surface area contributed by atoms with Crippen LogP contribution < -0.4 is 15.0 Å². The van der Waals surface area contributed by atoms with Crippen molar-refractivity contribution in [3.8, 4) is 5.75 Å². The minimum absolute atomic E-state index is 0.0558. The van der Waals surface area contributed by atoms with Crippen LogP contribution in [0.15, 0.2) is 24.3 Å². The van der Waals surface area contributed by atoms with Crippen LogP contribution in [0.5, 0.6) is 5.75 Å². The smallest absolute Gasteiger partial charge is 0.326 e. The Morgan fingerprint density at radius 1 is 1.24 bits per heavy atom. The topological polar surface area (TPSA) is 116 Å². The molecular weight excluding hydrogens is 378 g/mol. The van der Waals surface area contributed by atoms with Crippen molar-refractivity contribution in [2.24, 2.45) is 5.92 Å². The summed E-state index contributed by atoms with van der Waals surface area (Å²) >= 11 is 0. The van der Waals surface area contributed by atoms with Gasteiger partial charge < -0.3 is 25.0 Å². The average molecular weight is 403 g/mol. The van der Waals surface area contributed by atoms with E-state index in [1.165, 1.54) is 16.7 Å². The molecule has 29 heavy (non-hydrogen) atoms. The number of anilines is 1. The van der Waals surface area contributed by atoms with Gasteiger partial charge >= 0.3 is 5.97 Å². The quantitative estimate of drug-likeness (QED) is 0.720. The van der Waals surface area contributed by atoms with E-state index in [0.29, 0.717) is 30.8 Å². The fourth-order valence-electron chi connectivity index (χ4n) is 3.82. The van der Waals surface area contributed by atoms with Crippen molar-refractivity contribution < 1.29 is 29.0 Å². The lowest BCUT2D eigenvalue weighted by molar-refractivity contribution is -0.149. The average Bonchev–Trinajstić information content (AvgIpc) is 3.34. The molecule has 3 rings (SSSR count). The van der Waals surface area contributed by atoms with Crippen LogP contribution >= 0.6 is 0 Å². The highest BCUT2D eigenvalue weighted by Crippen LogP contribution is 2.27. The van der Waals surface area contributed by atoms with Crippen molar-refractivity contribution in [1.82, 2.24) is 10.2 Å². The zero-order valence-electron chi connectivity index (χ0n) is 16.5. The molecule has 2 N–H and O–H groups in total. The van der Waals surface area contributed by atoms with Crippen molar-refractivity contribution in [1.29, 1.82) is 0 Å². The van der Waals surface area contributed by atoms with Gasteiger partial charge in [0.1, 0.15) is 17.8 Å². The van der Waals surface area contributed by atoms with Gasteiger partial charge in [0.2, 0.25) is 17.7 Å². The summed E-state index contributed by atoms with van der Waals surface area (Å²) < 4.78 is 5.11. The monoisotopic (exact) mass is 403 g/mol. The second-order valence-electron chi connectivity index (χ2n) is 7.36. The summed E-state index contributed by atoms with van der Waals surface area (Å²) in [4.78, 5) is 51.7. The van der Waals surface area contributed by atoms with Crippen LogP contribution in [0.4, 0.5) is 5.69 Å². The number of nitrogens with one attached hydrogen (secondary N) is 1. The maximum Gasteiger partial charge on any atom is 0.326 e. The Labute approximate surface area is 168 Å².